The highest BCUT2D eigenvalue weighted by molar-refractivity contribution is 7.27. The summed E-state index contributed by atoms with van der Waals surface area (Å²) in [7, 11) is 0. The van der Waals surface area contributed by atoms with Crippen LogP contribution in [-0.4, -0.2) is 18.3 Å². The Hall–Kier alpha value is -17.9. The van der Waals surface area contributed by atoms with Crippen LogP contribution >= 0.6 is 45.3 Å². The minimum absolute atomic E-state index is 1.17. The monoisotopic (exact) mass is 1930 g/mol. The lowest BCUT2D eigenvalue weighted by molar-refractivity contribution is 1.18. The van der Waals surface area contributed by atoms with Gasteiger partial charge in [-0.05, 0) is 204 Å². The van der Waals surface area contributed by atoms with Crippen molar-refractivity contribution in [2.75, 3.05) is 0 Å². The van der Waals surface area contributed by atoms with Crippen LogP contribution < -0.4 is 0 Å². The molecule has 32 rings (SSSR count). The molecule has 0 saturated heterocycles. The van der Waals surface area contributed by atoms with E-state index in [1.807, 2.05) is 45.3 Å². The second kappa shape index (κ2) is 35.1. The van der Waals surface area contributed by atoms with E-state index in [1.165, 1.54) is 279 Å². The van der Waals surface area contributed by atoms with Gasteiger partial charge < -0.3 is 18.3 Å². The van der Waals surface area contributed by atoms with Gasteiger partial charge in [-0.2, -0.15) is 0 Å². The third-order valence-corrected chi connectivity index (χ3v) is 34.7. The van der Waals surface area contributed by atoms with Gasteiger partial charge in [-0.25, -0.2) is 0 Å². The first-order valence-corrected chi connectivity index (χ1v) is 53.1. The van der Waals surface area contributed by atoms with E-state index in [1.54, 1.807) is 0 Å². The minimum Gasteiger partial charge on any atom is -0.309 e. The van der Waals surface area contributed by atoms with Crippen molar-refractivity contribution in [2.45, 2.75) is 0 Å². The summed E-state index contributed by atoms with van der Waals surface area (Å²) in [5.74, 6) is 0. The van der Waals surface area contributed by atoms with E-state index >= 15 is 0 Å². The van der Waals surface area contributed by atoms with E-state index in [0.717, 1.165) is 0 Å². The summed E-state index contributed by atoms with van der Waals surface area (Å²) in [4.78, 5) is 0. The minimum atomic E-state index is 1.17. The van der Waals surface area contributed by atoms with E-state index in [0.29, 0.717) is 0 Å². The van der Waals surface area contributed by atoms with Gasteiger partial charge in [0.15, 0.2) is 0 Å². The molecule has 0 bridgehead atoms. The van der Waals surface area contributed by atoms with Crippen molar-refractivity contribution in [3.63, 3.8) is 0 Å². The Morgan fingerprint density at radius 3 is 0.815 bits per heavy atom. The van der Waals surface area contributed by atoms with Crippen LogP contribution in [0.1, 0.15) is 0 Å². The smallest absolute Gasteiger partial charge is 0.0547 e. The molecule has 4 nitrogen and oxygen atoms in total. The van der Waals surface area contributed by atoms with Gasteiger partial charge in [-0.1, -0.05) is 400 Å². The van der Waals surface area contributed by atoms with Crippen molar-refractivity contribution in [3.05, 3.63) is 522 Å². The van der Waals surface area contributed by atoms with Crippen molar-refractivity contribution >= 4 is 246 Å². The number of fused-ring (bicyclic) bond motifs is 27. The van der Waals surface area contributed by atoms with E-state index in [2.05, 4.69) is 540 Å². The zero-order valence-corrected chi connectivity index (χ0v) is 82.3. The average Bonchev–Trinajstić information content (AvgIpc) is 1.59. The Balaban J connectivity index is 0.0000000922. The highest BCUT2D eigenvalue weighted by atomic mass is 32.1. The molecule has 32 aromatic rings. The van der Waals surface area contributed by atoms with Gasteiger partial charge in [0.1, 0.15) is 0 Å². The standard InChI is InChI=1S/C36H23NS.3C34H21NS/c1-2-9-24(10-3-1)25-17-20-27(21-18-25)37-33-15-6-4-11-29(33)30-22-19-26(23-34(30)37)28-13-8-14-32-31-12-5-7-16-35(31)38-36(28)32;1-2-11-24-22(9-1)10-7-17-30(24)35-31-16-5-3-12-26(31)27-20-19-23(21-32(27)35)25-14-8-15-29-28-13-4-6-18-33(28)36-34(25)29;1-2-9-23-20-25(18-16-22(23)8-1)35-31-14-5-3-10-27(31)28-19-17-24(21-32(28)35)26-12-7-13-30-29-11-4-6-15-33(29)36-34(26)30;1-2-9-23-20-25(18-16-22(23)8-1)35-31-14-5-3-10-27(31)30-21-24(17-19-32(30)35)26-12-7-13-29-28-11-4-6-15-33(28)36-34(26)29/h1-23H;3*1-21H. The van der Waals surface area contributed by atoms with Crippen LogP contribution in [0.4, 0.5) is 0 Å². The van der Waals surface area contributed by atoms with Gasteiger partial charge in [-0.3, -0.25) is 0 Å². The predicted molar refractivity (Wildman–Crippen MR) is 634 cm³/mol. The molecule has 0 atom stereocenters. The van der Waals surface area contributed by atoms with Gasteiger partial charge in [-0.15, -0.1) is 45.3 Å². The average molecular weight is 1930 g/mol. The summed E-state index contributed by atoms with van der Waals surface area (Å²) in [6.45, 7) is 0. The molecule has 0 aliphatic carbocycles. The number of nitrogens with zero attached hydrogens (tertiary/aromatic N) is 4. The molecule has 0 unspecified atom stereocenters. The molecule has 8 heteroatoms. The molecular formula is C138H86N4S4. The second-order valence-electron chi connectivity index (χ2n) is 37.9. The Kier molecular flexibility index (Phi) is 20.4. The summed E-state index contributed by atoms with van der Waals surface area (Å²) in [5, 5.41) is 28.5. The maximum atomic E-state index is 2.45. The Morgan fingerprint density at radius 1 is 0.123 bits per heavy atom. The van der Waals surface area contributed by atoms with E-state index in [-0.39, 0.29) is 0 Å². The highest BCUT2D eigenvalue weighted by Crippen LogP contribution is 2.50. The summed E-state index contributed by atoms with van der Waals surface area (Å²) in [5.41, 5.74) is 27.3. The zero-order chi connectivity index (χ0) is 96.0. The lowest BCUT2D eigenvalue weighted by Crippen LogP contribution is -1.95. The normalized spacial score (nSPS) is 11.8. The molecule has 682 valence electrons. The number of thiophene rings is 4. The maximum absolute atomic E-state index is 2.45. The van der Waals surface area contributed by atoms with Crippen LogP contribution in [0.2, 0.25) is 0 Å². The number of aromatic nitrogens is 4. The number of benzene rings is 24. The predicted octanol–water partition coefficient (Wildman–Crippen LogP) is 40.4. The molecule has 0 amide bonds. The van der Waals surface area contributed by atoms with Gasteiger partial charge in [0.05, 0.1) is 49.8 Å². The molecule has 146 heavy (non-hydrogen) atoms. The molecule has 8 aromatic heterocycles. The number of hydrogen-bond donors (Lipinski definition) is 0. The Labute approximate surface area is 856 Å². The molecule has 8 heterocycles. The van der Waals surface area contributed by atoms with Gasteiger partial charge >= 0.3 is 0 Å². The first kappa shape index (κ1) is 85.0. The summed E-state index contributed by atoms with van der Waals surface area (Å²) in [6.07, 6.45) is 0. The largest absolute Gasteiger partial charge is 0.309 e. The molecular weight excluding hydrogens is 1840 g/mol. The van der Waals surface area contributed by atoms with E-state index in [9.17, 15) is 0 Å². The maximum Gasteiger partial charge on any atom is 0.0547 e. The first-order chi connectivity index (χ1) is 72.4. The summed E-state index contributed by atoms with van der Waals surface area (Å²) < 4.78 is 20.5. The Bertz CT molecular complexity index is 10900. The summed E-state index contributed by atoms with van der Waals surface area (Å²) >= 11 is 7.55. The third-order valence-electron chi connectivity index (χ3n) is 29.8. The third kappa shape index (κ3) is 14.2. The number of rotatable bonds is 9. The SMILES string of the molecule is c1ccc(-c2ccc(-n3c4ccccc4c4ccc(-c5cccc6c5sc5ccccc56)cc43)cc2)cc1.c1ccc2c(-n3c4ccccc4c4ccc(-c5cccc6c5sc5ccccc56)cc43)cccc2c1.c1ccc2cc(-n3c4ccccc4c4cc(-c5cccc6c5sc5ccccc56)ccc43)ccc2c1.c1ccc2cc(-n3c4ccccc4c4ccc(-c5cccc6c5sc5ccccc56)cc43)ccc2c1. The molecule has 0 fully saturated rings. The molecule has 0 saturated carbocycles. The first-order valence-electron chi connectivity index (χ1n) is 49.8. The van der Waals surface area contributed by atoms with E-state index < -0.39 is 0 Å². The van der Waals surface area contributed by atoms with Crippen LogP contribution in [-0.2, 0) is 0 Å². The topological polar surface area (TPSA) is 19.7 Å². The fourth-order valence-electron chi connectivity index (χ4n) is 23.0. The highest BCUT2D eigenvalue weighted by Gasteiger charge is 2.24. The fourth-order valence-corrected chi connectivity index (χ4v) is 28.0. The number of para-hydroxylation sites is 4. The molecule has 24 aromatic carbocycles. The van der Waals surface area contributed by atoms with Gasteiger partial charge in [0.2, 0.25) is 0 Å². The van der Waals surface area contributed by atoms with Gasteiger partial charge in [0.25, 0.3) is 0 Å². The fraction of sp³-hybridized carbons (Fsp3) is 0. The van der Waals surface area contributed by atoms with Crippen molar-refractivity contribution in [1.82, 2.24) is 18.3 Å². The van der Waals surface area contributed by atoms with Crippen molar-refractivity contribution in [2.24, 2.45) is 0 Å². The summed E-state index contributed by atoms with van der Waals surface area (Å²) in [6, 6.07) is 190. The lowest BCUT2D eigenvalue weighted by Gasteiger charge is -2.12. The number of hydrogen-bond acceptors (Lipinski definition) is 4. The quantitative estimate of drug-likeness (QED) is 0.137. The van der Waals surface area contributed by atoms with Crippen molar-refractivity contribution in [3.8, 4) is 78.4 Å². The van der Waals surface area contributed by atoms with Crippen molar-refractivity contribution in [1.29, 1.82) is 0 Å². The van der Waals surface area contributed by atoms with Crippen molar-refractivity contribution < 1.29 is 0 Å². The Morgan fingerprint density at radius 2 is 0.390 bits per heavy atom. The van der Waals surface area contributed by atoms with Crippen LogP contribution in [0.15, 0.2) is 522 Å². The van der Waals surface area contributed by atoms with Crippen LogP contribution in [0.3, 0.4) is 0 Å². The van der Waals surface area contributed by atoms with Crippen LogP contribution in [0.5, 0.6) is 0 Å². The van der Waals surface area contributed by atoms with Crippen LogP contribution in [0.25, 0.3) is 279 Å². The second-order valence-corrected chi connectivity index (χ2v) is 42.1. The van der Waals surface area contributed by atoms with Crippen LogP contribution in [0, 0.1) is 0 Å². The lowest BCUT2D eigenvalue weighted by atomic mass is 10.0. The molecule has 0 aliphatic rings. The van der Waals surface area contributed by atoms with Gasteiger partial charge in [0, 0.05) is 146 Å². The zero-order valence-electron chi connectivity index (χ0n) is 79.1. The molecule has 0 N–H and O–H groups in total. The molecule has 0 radical (unpaired) electrons. The molecule has 0 aliphatic heterocycles. The molecule has 0 spiro atoms. The van der Waals surface area contributed by atoms with E-state index in [4.69, 9.17) is 0 Å².